The van der Waals surface area contributed by atoms with Crippen molar-refractivity contribution in [2.75, 3.05) is 13.1 Å². The van der Waals surface area contributed by atoms with E-state index >= 15 is 0 Å². The minimum Gasteiger partial charge on any atom is -0.351 e. The molecule has 0 heterocycles. The molecule has 0 aromatic heterocycles. The largest absolute Gasteiger partial charge is 0.351 e. The number of rotatable bonds is 8. The first-order valence-corrected chi connectivity index (χ1v) is 12.4. The Labute approximate surface area is 196 Å². The summed E-state index contributed by atoms with van der Waals surface area (Å²) in [6.07, 6.45) is 11.2. The highest BCUT2D eigenvalue weighted by molar-refractivity contribution is 6.33. The number of carbonyl (C=O) groups is 1. The van der Waals surface area contributed by atoms with Crippen LogP contribution in [0.2, 0.25) is 5.02 Å². The van der Waals surface area contributed by atoms with Crippen LogP contribution in [0.3, 0.4) is 0 Å². The maximum Gasteiger partial charge on any atom is 0.252 e. The van der Waals surface area contributed by atoms with E-state index in [9.17, 15) is 4.79 Å². The van der Waals surface area contributed by atoms with Crippen LogP contribution in [-0.2, 0) is 6.42 Å². The van der Waals surface area contributed by atoms with Crippen molar-refractivity contribution in [1.82, 2.24) is 10.6 Å². The van der Waals surface area contributed by atoms with E-state index < -0.39 is 0 Å². The Hall–Kier alpha value is -1.06. The Kier molecular flexibility index (Phi) is 9.45. The zero-order valence-corrected chi connectivity index (χ0v) is 20.2. The van der Waals surface area contributed by atoms with E-state index in [4.69, 9.17) is 11.6 Å². The molecule has 0 spiro atoms. The van der Waals surface area contributed by atoms with Gasteiger partial charge < -0.3 is 10.6 Å². The van der Waals surface area contributed by atoms with Crippen LogP contribution in [-0.4, -0.2) is 25.0 Å². The Morgan fingerprint density at radius 2 is 1.90 bits per heavy atom. The van der Waals surface area contributed by atoms with E-state index in [0.29, 0.717) is 22.0 Å². The van der Waals surface area contributed by atoms with Gasteiger partial charge in [-0.2, -0.15) is 0 Å². The SMILES string of the molecule is C.CC(NCCCc1ccc(Cl)c(C(=O)NCC23CCCC(CCC2)C3)c1)C(C)(C)C. The molecule has 2 bridgehead atoms. The van der Waals surface area contributed by atoms with Crippen molar-refractivity contribution in [2.45, 2.75) is 99.0 Å². The number of carbonyl (C=O) groups excluding carboxylic acids is 1. The number of nitrogens with one attached hydrogen (secondary N) is 2. The summed E-state index contributed by atoms with van der Waals surface area (Å²) in [7, 11) is 0. The molecule has 1 unspecified atom stereocenters. The molecule has 0 aliphatic heterocycles. The Morgan fingerprint density at radius 3 is 2.55 bits per heavy atom. The lowest BCUT2D eigenvalue weighted by Crippen LogP contribution is -2.43. The molecule has 1 amide bonds. The molecule has 2 N–H and O–H groups in total. The summed E-state index contributed by atoms with van der Waals surface area (Å²) in [6, 6.07) is 6.40. The molecular weight excluding hydrogens is 404 g/mol. The summed E-state index contributed by atoms with van der Waals surface area (Å²) in [6.45, 7) is 10.8. The predicted octanol–water partition coefficient (Wildman–Crippen LogP) is 7.02. The van der Waals surface area contributed by atoms with E-state index in [2.05, 4.69) is 44.4 Å². The van der Waals surface area contributed by atoms with Gasteiger partial charge in [-0.25, -0.2) is 0 Å². The summed E-state index contributed by atoms with van der Waals surface area (Å²) in [5.41, 5.74) is 2.41. The van der Waals surface area contributed by atoms with E-state index in [1.807, 2.05) is 12.1 Å². The molecule has 0 saturated heterocycles. The molecule has 2 aliphatic carbocycles. The summed E-state index contributed by atoms with van der Waals surface area (Å²) in [4.78, 5) is 12.9. The first-order valence-electron chi connectivity index (χ1n) is 12.0. The van der Waals surface area contributed by atoms with Crippen LogP contribution >= 0.6 is 11.6 Å². The third-order valence-corrected chi connectivity index (χ3v) is 7.98. The highest BCUT2D eigenvalue weighted by Crippen LogP contribution is 2.48. The highest BCUT2D eigenvalue weighted by atomic mass is 35.5. The molecule has 2 aliphatic rings. The van der Waals surface area contributed by atoms with Crippen molar-refractivity contribution < 1.29 is 4.79 Å². The van der Waals surface area contributed by atoms with Crippen LogP contribution in [0.1, 0.15) is 102 Å². The Balaban J connectivity index is 0.00000341. The zero-order chi connectivity index (χ0) is 21.8. The van der Waals surface area contributed by atoms with Crippen molar-refractivity contribution in [1.29, 1.82) is 0 Å². The molecule has 3 rings (SSSR count). The van der Waals surface area contributed by atoms with Crippen molar-refractivity contribution in [3.8, 4) is 0 Å². The second kappa shape index (κ2) is 11.2. The monoisotopic (exact) mass is 448 g/mol. The molecule has 1 aromatic carbocycles. The summed E-state index contributed by atoms with van der Waals surface area (Å²) < 4.78 is 0. The number of benzene rings is 1. The van der Waals surface area contributed by atoms with Gasteiger partial charge in [0.2, 0.25) is 0 Å². The number of aryl methyl sites for hydroxylation is 1. The normalized spacial score (nSPS) is 24.2. The van der Waals surface area contributed by atoms with Crippen molar-refractivity contribution in [3.63, 3.8) is 0 Å². The van der Waals surface area contributed by atoms with Crippen LogP contribution in [0.4, 0.5) is 0 Å². The van der Waals surface area contributed by atoms with Gasteiger partial charge in [-0.05, 0) is 80.0 Å². The molecule has 176 valence electrons. The van der Waals surface area contributed by atoms with Gasteiger partial charge in [-0.1, -0.05) is 71.5 Å². The average Bonchev–Trinajstić information content (AvgIpc) is 2.70. The predicted molar refractivity (Wildman–Crippen MR) is 134 cm³/mol. The molecular formula is C27H45ClN2O. The van der Waals surface area contributed by atoms with Gasteiger partial charge in [0.1, 0.15) is 0 Å². The fourth-order valence-corrected chi connectivity index (χ4v) is 5.46. The summed E-state index contributed by atoms with van der Waals surface area (Å²) >= 11 is 6.40. The number of fused-ring (bicyclic) bond motifs is 2. The average molecular weight is 449 g/mol. The molecule has 2 saturated carbocycles. The third kappa shape index (κ3) is 7.22. The quantitative estimate of drug-likeness (QED) is 0.419. The van der Waals surface area contributed by atoms with E-state index in [0.717, 1.165) is 31.8 Å². The number of amides is 1. The second-order valence-electron chi connectivity index (χ2n) is 11.0. The first kappa shape index (κ1) is 26.2. The smallest absolute Gasteiger partial charge is 0.252 e. The maximum atomic E-state index is 12.9. The van der Waals surface area contributed by atoms with Crippen LogP contribution in [0.25, 0.3) is 0 Å². The molecule has 1 aromatic rings. The summed E-state index contributed by atoms with van der Waals surface area (Å²) in [5, 5.41) is 7.41. The standard InChI is InChI=1S/C26H41ClN2O.CH4/c1-19(25(2,3)4)28-15-7-10-20-11-12-23(27)22(16-20)24(30)29-18-26-13-5-8-21(17-26)9-6-14-26;/h11-12,16,19,21,28H,5-10,13-15,17-18H2,1-4H3,(H,29,30);1H4. The second-order valence-corrected chi connectivity index (χ2v) is 11.4. The molecule has 2 fully saturated rings. The number of hydrogen-bond donors (Lipinski definition) is 2. The Bertz CT molecular complexity index is 714. The van der Waals surface area contributed by atoms with Gasteiger partial charge in [0.15, 0.2) is 0 Å². The van der Waals surface area contributed by atoms with Gasteiger partial charge in [-0.3, -0.25) is 4.79 Å². The Morgan fingerprint density at radius 1 is 1.23 bits per heavy atom. The van der Waals surface area contributed by atoms with Crippen LogP contribution < -0.4 is 10.6 Å². The molecule has 3 nitrogen and oxygen atoms in total. The van der Waals surface area contributed by atoms with Gasteiger partial charge in [0.05, 0.1) is 10.6 Å². The van der Waals surface area contributed by atoms with E-state index in [1.165, 1.54) is 50.5 Å². The molecule has 4 heteroatoms. The van der Waals surface area contributed by atoms with E-state index in [-0.39, 0.29) is 18.7 Å². The minimum atomic E-state index is -0.0107. The zero-order valence-electron chi connectivity index (χ0n) is 19.5. The molecule has 1 atom stereocenters. The van der Waals surface area contributed by atoms with Gasteiger partial charge >= 0.3 is 0 Å². The van der Waals surface area contributed by atoms with Crippen molar-refractivity contribution in [3.05, 3.63) is 34.3 Å². The minimum absolute atomic E-state index is 0. The maximum absolute atomic E-state index is 12.9. The lowest BCUT2D eigenvalue weighted by atomic mass is 9.62. The van der Waals surface area contributed by atoms with Gasteiger partial charge in [-0.15, -0.1) is 0 Å². The topological polar surface area (TPSA) is 41.1 Å². The van der Waals surface area contributed by atoms with Crippen molar-refractivity contribution >= 4 is 17.5 Å². The number of halogens is 1. The fourth-order valence-electron chi connectivity index (χ4n) is 5.25. The molecule has 0 radical (unpaired) electrons. The fraction of sp³-hybridized carbons (Fsp3) is 0.741. The van der Waals surface area contributed by atoms with Gasteiger partial charge in [0.25, 0.3) is 5.91 Å². The lowest BCUT2D eigenvalue weighted by Gasteiger charge is -2.45. The van der Waals surface area contributed by atoms with Crippen LogP contribution in [0, 0.1) is 16.7 Å². The molecule has 31 heavy (non-hydrogen) atoms. The van der Waals surface area contributed by atoms with Crippen molar-refractivity contribution in [2.24, 2.45) is 16.7 Å². The lowest BCUT2D eigenvalue weighted by molar-refractivity contribution is 0.0681. The third-order valence-electron chi connectivity index (χ3n) is 7.65. The first-order chi connectivity index (χ1) is 14.2. The van der Waals surface area contributed by atoms with E-state index in [1.54, 1.807) is 0 Å². The highest BCUT2D eigenvalue weighted by Gasteiger charge is 2.39. The summed E-state index contributed by atoms with van der Waals surface area (Å²) in [5.74, 6) is 0.870. The van der Waals surface area contributed by atoms with Crippen LogP contribution in [0.15, 0.2) is 18.2 Å². The number of hydrogen-bond acceptors (Lipinski definition) is 2. The van der Waals surface area contributed by atoms with Crippen LogP contribution in [0.5, 0.6) is 0 Å². The van der Waals surface area contributed by atoms with Gasteiger partial charge in [0, 0.05) is 12.6 Å².